The van der Waals surface area contributed by atoms with E-state index in [1.807, 2.05) is 6.92 Å². The highest BCUT2D eigenvalue weighted by atomic mass is 16.5. The van der Waals surface area contributed by atoms with Gasteiger partial charge in [-0.05, 0) is 12.5 Å². The highest BCUT2D eigenvalue weighted by molar-refractivity contribution is 5.90. The maximum Gasteiger partial charge on any atom is 0.337 e. The van der Waals surface area contributed by atoms with Crippen LogP contribution in [-0.4, -0.2) is 66.9 Å². The summed E-state index contributed by atoms with van der Waals surface area (Å²) >= 11 is 0. The largest absolute Gasteiger partial charge is 0.478 e. The Labute approximate surface area is 119 Å². The molecule has 1 aliphatic rings. The van der Waals surface area contributed by atoms with Crippen LogP contribution in [0, 0.1) is 6.92 Å². The Morgan fingerprint density at radius 2 is 2.20 bits per heavy atom. The lowest BCUT2D eigenvalue weighted by Gasteiger charge is -2.26. The number of hydrogen-bond donors (Lipinski definition) is 3. The summed E-state index contributed by atoms with van der Waals surface area (Å²) in [5, 5.41) is 12.5. The monoisotopic (exact) mass is 281 g/mol. The van der Waals surface area contributed by atoms with E-state index >= 15 is 0 Å². The van der Waals surface area contributed by atoms with Crippen LogP contribution in [0.5, 0.6) is 0 Å². The first-order chi connectivity index (χ1) is 9.68. The fourth-order valence-corrected chi connectivity index (χ4v) is 2.47. The molecule has 3 N–H and O–H groups in total. The zero-order valence-electron chi connectivity index (χ0n) is 11.9. The number of carboxylic acid groups (broad SMARTS) is 1. The Kier molecular flexibility index (Phi) is 5.58. The average Bonchev–Trinajstić information content (AvgIpc) is 2.81. The molecule has 0 radical (unpaired) electrons. The molecule has 1 aromatic rings. The maximum absolute atomic E-state index is 11.1. The summed E-state index contributed by atoms with van der Waals surface area (Å²) in [5.74, 6) is -0.855. The minimum atomic E-state index is -0.855. The molecule has 0 unspecified atom stereocenters. The minimum Gasteiger partial charge on any atom is -0.478 e. The van der Waals surface area contributed by atoms with Gasteiger partial charge in [0.1, 0.15) is 0 Å². The molecule has 112 valence electrons. The van der Waals surface area contributed by atoms with Crippen LogP contribution in [0.25, 0.3) is 0 Å². The van der Waals surface area contributed by atoms with Crippen molar-refractivity contribution in [2.75, 3.05) is 45.9 Å². The number of morpholine rings is 1. The molecule has 0 amide bonds. The minimum absolute atomic E-state index is 0.417. The Balaban J connectivity index is 1.67. The first-order valence-corrected chi connectivity index (χ1v) is 7.09. The van der Waals surface area contributed by atoms with Gasteiger partial charge in [0.2, 0.25) is 0 Å². The van der Waals surface area contributed by atoms with Gasteiger partial charge in [-0.3, -0.25) is 4.90 Å². The molecular formula is C14H23N3O3. The molecule has 20 heavy (non-hydrogen) atoms. The van der Waals surface area contributed by atoms with Crippen LogP contribution in [0.1, 0.15) is 21.6 Å². The highest BCUT2D eigenvalue weighted by Crippen LogP contribution is 2.13. The Bertz CT molecular complexity index is 439. The average molecular weight is 281 g/mol. The van der Waals surface area contributed by atoms with Crippen molar-refractivity contribution in [2.24, 2.45) is 0 Å². The van der Waals surface area contributed by atoms with Gasteiger partial charge in [-0.2, -0.15) is 0 Å². The number of aryl methyl sites for hydroxylation is 1. The lowest BCUT2D eigenvalue weighted by Crippen LogP contribution is -2.40. The van der Waals surface area contributed by atoms with Crippen molar-refractivity contribution >= 4 is 5.97 Å². The van der Waals surface area contributed by atoms with Gasteiger partial charge >= 0.3 is 5.97 Å². The van der Waals surface area contributed by atoms with E-state index in [0.717, 1.165) is 57.2 Å². The van der Waals surface area contributed by atoms with Crippen molar-refractivity contribution < 1.29 is 14.6 Å². The zero-order chi connectivity index (χ0) is 14.4. The summed E-state index contributed by atoms with van der Waals surface area (Å²) in [7, 11) is 0. The number of nitrogens with zero attached hydrogens (tertiary/aromatic N) is 1. The summed E-state index contributed by atoms with van der Waals surface area (Å²) in [4.78, 5) is 16.6. The molecule has 6 heteroatoms. The normalized spacial score (nSPS) is 16.4. The number of aromatic carboxylic acids is 1. The summed E-state index contributed by atoms with van der Waals surface area (Å²) in [6.45, 7) is 8.18. The number of aromatic amines is 1. The van der Waals surface area contributed by atoms with Gasteiger partial charge in [-0.25, -0.2) is 4.79 Å². The molecule has 0 aromatic carbocycles. The smallest absolute Gasteiger partial charge is 0.337 e. The second kappa shape index (κ2) is 7.42. The Hall–Kier alpha value is -1.37. The molecule has 0 saturated carbocycles. The number of aromatic nitrogens is 1. The molecule has 1 fully saturated rings. The van der Waals surface area contributed by atoms with Crippen molar-refractivity contribution in [1.82, 2.24) is 15.2 Å². The summed E-state index contributed by atoms with van der Waals surface area (Å²) < 4.78 is 5.30. The quantitative estimate of drug-likeness (QED) is 0.634. The van der Waals surface area contributed by atoms with Crippen molar-refractivity contribution in [1.29, 1.82) is 0 Å². The number of hydrogen-bond acceptors (Lipinski definition) is 4. The Morgan fingerprint density at radius 3 is 2.90 bits per heavy atom. The highest BCUT2D eigenvalue weighted by Gasteiger charge is 2.14. The first kappa shape index (κ1) is 15.0. The van der Waals surface area contributed by atoms with Gasteiger partial charge in [-0.1, -0.05) is 0 Å². The van der Waals surface area contributed by atoms with Gasteiger partial charge in [-0.15, -0.1) is 0 Å². The molecule has 0 bridgehead atoms. The summed E-state index contributed by atoms with van der Waals surface area (Å²) in [5.41, 5.74) is 2.01. The van der Waals surface area contributed by atoms with Crippen LogP contribution in [0.4, 0.5) is 0 Å². The topological polar surface area (TPSA) is 77.6 Å². The fourth-order valence-electron chi connectivity index (χ4n) is 2.47. The molecule has 2 rings (SSSR count). The molecule has 0 atom stereocenters. The molecule has 0 spiro atoms. The first-order valence-electron chi connectivity index (χ1n) is 7.09. The Morgan fingerprint density at radius 1 is 1.45 bits per heavy atom. The van der Waals surface area contributed by atoms with Gasteiger partial charge in [0.15, 0.2) is 0 Å². The molecule has 6 nitrogen and oxygen atoms in total. The van der Waals surface area contributed by atoms with E-state index in [0.29, 0.717) is 12.0 Å². The van der Waals surface area contributed by atoms with E-state index in [-0.39, 0.29) is 0 Å². The van der Waals surface area contributed by atoms with Crippen LogP contribution in [0.3, 0.4) is 0 Å². The van der Waals surface area contributed by atoms with Gasteiger partial charge in [0, 0.05) is 51.0 Å². The maximum atomic E-state index is 11.1. The SMILES string of the molecule is Cc1c[nH]c(CCNCCN2CCOCC2)c1C(=O)O. The van der Waals surface area contributed by atoms with Crippen LogP contribution >= 0.6 is 0 Å². The van der Waals surface area contributed by atoms with E-state index in [1.54, 1.807) is 6.20 Å². The van der Waals surface area contributed by atoms with Crippen molar-refractivity contribution in [3.8, 4) is 0 Å². The lowest BCUT2D eigenvalue weighted by atomic mass is 10.1. The van der Waals surface area contributed by atoms with E-state index < -0.39 is 5.97 Å². The number of rotatable bonds is 7. The standard InChI is InChI=1S/C14H23N3O3/c1-11-10-16-12(13(11)14(18)19)2-3-15-4-5-17-6-8-20-9-7-17/h10,15-16H,2-9H2,1H3,(H,18,19). The molecule has 1 aromatic heterocycles. The third-order valence-electron chi connectivity index (χ3n) is 3.63. The lowest BCUT2D eigenvalue weighted by molar-refractivity contribution is 0.0385. The number of H-pyrrole nitrogens is 1. The number of carboxylic acids is 1. The van der Waals surface area contributed by atoms with E-state index in [4.69, 9.17) is 9.84 Å². The zero-order valence-corrected chi connectivity index (χ0v) is 11.9. The predicted octanol–water partition coefficient (Wildman–Crippen LogP) is 0.486. The van der Waals surface area contributed by atoms with Crippen LogP contribution < -0.4 is 5.32 Å². The van der Waals surface area contributed by atoms with Crippen LogP contribution in [-0.2, 0) is 11.2 Å². The molecule has 2 heterocycles. The molecule has 0 aliphatic carbocycles. The van der Waals surface area contributed by atoms with Crippen molar-refractivity contribution in [2.45, 2.75) is 13.3 Å². The summed E-state index contributed by atoms with van der Waals surface area (Å²) in [6.07, 6.45) is 2.46. The van der Waals surface area contributed by atoms with E-state index in [2.05, 4.69) is 15.2 Å². The van der Waals surface area contributed by atoms with Gasteiger partial charge < -0.3 is 20.1 Å². The fraction of sp³-hybridized carbons (Fsp3) is 0.643. The third-order valence-corrected chi connectivity index (χ3v) is 3.63. The molecule has 1 aliphatic heterocycles. The van der Waals surface area contributed by atoms with Crippen LogP contribution in [0.2, 0.25) is 0 Å². The number of carbonyl (C=O) groups is 1. The van der Waals surface area contributed by atoms with E-state index in [1.165, 1.54) is 0 Å². The number of nitrogens with one attached hydrogen (secondary N) is 2. The number of ether oxygens (including phenoxy) is 1. The van der Waals surface area contributed by atoms with E-state index in [9.17, 15) is 4.79 Å². The predicted molar refractivity (Wildman–Crippen MR) is 76.3 cm³/mol. The molecule has 1 saturated heterocycles. The van der Waals surface area contributed by atoms with Gasteiger partial charge in [0.05, 0.1) is 18.8 Å². The van der Waals surface area contributed by atoms with Crippen LogP contribution in [0.15, 0.2) is 6.20 Å². The summed E-state index contributed by atoms with van der Waals surface area (Å²) in [6, 6.07) is 0. The van der Waals surface area contributed by atoms with Crippen molar-refractivity contribution in [3.63, 3.8) is 0 Å². The van der Waals surface area contributed by atoms with Crippen molar-refractivity contribution in [3.05, 3.63) is 23.0 Å². The van der Waals surface area contributed by atoms with Gasteiger partial charge in [0.25, 0.3) is 0 Å². The molecular weight excluding hydrogens is 258 g/mol. The second-order valence-corrected chi connectivity index (χ2v) is 5.08. The second-order valence-electron chi connectivity index (χ2n) is 5.08. The third kappa shape index (κ3) is 4.06.